The summed E-state index contributed by atoms with van der Waals surface area (Å²) in [5.41, 5.74) is 3.29. The van der Waals surface area contributed by atoms with Crippen molar-refractivity contribution in [1.29, 1.82) is 0 Å². The zero-order valence-corrected chi connectivity index (χ0v) is 22.9. The molecule has 3 fully saturated rings. The van der Waals surface area contributed by atoms with Crippen LogP contribution in [0.3, 0.4) is 0 Å². The summed E-state index contributed by atoms with van der Waals surface area (Å²) < 4.78 is 0. The smallest absolute Gasteiger partial charge is 0.323 e. The number of benzene rings is 2. The molecule has 2 aromatic carbocycles. The number of hydrogen-bond donors (Lipinski definition) is 2. The average Bonchev–Trinajstić information content (AvgIpc) is 3.42. The van der Waals surface area contributed by atoms with Crippen molar-refractivity contribution in [1.82, 2.24) is 20.0 Å². The van der Waals surface area contributed by atoms with E-state index in [9.17, 15) is 19.2 Å². The molecule has 3 aliphatic rings. The number of aryl methyl sites for hydroxylation is 1. The van der Waals surface area contributed by atoms with Crippen molar-refractivity contribution >= 4 is 35.1 Å². The minimum atomic E-state index is -1.09. The molecule has 3 aliphatic heterocycles. The summed E-state index contributed by atoms with van der Waals surface area (Å²) in [6.07, 6.45) is 0. The number of carbonyl (C=O) groups is 4. The number of piperazine rings is 1. The van der Waals surface area contributed by atoms with Crippen molar-refractivity contribution in [3.63, 3.8) is 0 Å². The summed E-state index contributed by atoms with van der Waals surface area (Å²) >= 11 is 0. The summed E-state index contributed by atoms with van der Waals surface area (Å²) in [5.74, 6) is -2.80. The number of likely N-dealkylation sites (tertiary alicyclic amines) is 2. The normalized spacial score (nSPS) is 24.7. The van der Waals surface area contributed by atoms with E-state index >= 15 is 0 Å². The second-order valence-electron chi connectivity index (χ2n) is 10.6. The highest BCUT2D eigenvalue weighted by molar-refractivity contribution is 6.10. The van der Waals surface area contributed by atoms with Crippen molar-refractivity contribution in [2.24, 2.45) is 11.8 Å². The Morgan fingerprint density at radius 3 is 2.15 bits per heavy atom. The third kappa shape index (κ3) is 4.73. The molecule has 5 amide bonds. The Bertz CT molecular complexity index is 1260. The summed E-state index contributed by atoms with van der Waals surface area (Å²) in [7, 11) is 3.87. The maximum Gasteiger partial charge on any atom is 0.323 e. The average molecular weight is 533 g/mol. The molecule has 4 atom stereocenters. The molecule has 0 aliphatic carbocycles. The number of hydrogen-bond acceptors (Lipinski definition) is 6. The molecule has 10 heteroatoms. The van der Waals surface area contributed by atoms with Gasteiger partial charge in [0, 0.05) is 58.2 Å². The number of nitrogens with zero attached hydrogens (tertiary/aromatic N) is 4. The molecule has 206 valence electrons. The largest absolute Gasteiger partial charge is 0.378 e. The highest BCUT2D eigenvalue weighted by Gasteiger charge is 2.65. The minimum absolute atomic E-state index is 0.223. The molecule has 0 bridgehead atoms. The number of imide groups is 1. The van der Waals surface area contributed by atoms with Crippen molar-refractivity contribution < 1.29 is 19.2 Å². The van der Waals surface area contributed by atoms with Crippen molar-refractivity contribution in [2.75, 3.05) is 57.0 Å². The Kier molecular flexibility index (Phi) is 7.31. The fraction of sp³-hybridized carbons (Fsp3) is 0.448. The number of anilines is 2. The van der Waals surface area contributed by atoms with Crippen LogP contribution in [0.15, 0.2) is 48.5 Å². The number of urea groups is 1. The van der Waals surface area contributed by atoms with Gasteiger partial charge in [-0.15, -0.1) is 0 Å². The van der Waals surface area contributed by atoms with E-state index in [1.165, 1.54) is 9.80 Å². The summed E-state index contributed by atoms with van der Waals surface area (Å²) in [5, 5.41) is 6.17. The predicted octanol–water partition coefficient (Wildman–Crippen LogP) is 2.07. The Labute approximate surface area is 228 Å². The van der Waals surface area contributed by atoms with Gasteiger partial charge >= 0.3 is 6.03 Å². The Hall–Kier alpha value is -3.92. The molecule has 3 saturated heterocycles. The first-order valence-electron chi connectivity index (χ1n) is 13.5. The molecule has 0 saturated carbocycles. The van der Waals surface area contributed by atoms with E-state index in [2.05, 4.69) is 10.6 Å². The maximum atomic E-state index is 14.1. The van der Waals surface area contributed by atoms with Crippen LogP contribution in [0.4, 0.5) is 16.2 Å². The van der Waals surface area contributed by atoms with E-state index < -0.39 is 30.0 Å². The first-order valence-corrected chi connectivity index (χ1v) is 13.5. The lowest BCUT2D eigenvalue weighted by atomic mass is 9.86. The van der Waals surface area contributed by atoms with Crippen LogP contribution in [0, 0.1) is 18.8 Å². The van der Waals surface area contributed by atoms with Crippen molar-refractivity contribution in [3.05, 3.63) is 59.7 Å². The summed E-state index contributed by atoms with van der Waals surface area (Å²) in [6.45, 7) is 6.15. The molecule has 2 N–H and O–H groups in total. The first kappa shape index (κ1) is 26.7. The number of amides is 5. The summed E-state index contributed by atoms with van der Waals surface area (Å²) in [6, 6.07) is 12.6. The molecule has 4 unspecified atom stereocenters. The van der Waals surface area contributed by atoms with Gasteiger partial charge in [-0.05, 0) is 43.7 Å². The van der Waals surface area contributed by atoms with Gasteiger partial charge in [0.1, 0.15) is 6.04 Å². The highest BCUT2D eigenvalue weighted by Crippen LogP contribution is 2.50. The second kappa shape index (κ2) is 10.7. The zero-order chi connectivity index (χ0) is 27.8. The third-order valence-corrected chi connectivity index (χ3v) is 8.06. The molecule has 10 nitrogen and oxygen atoms in total. The number of rotatable bonds is 5. The van der Waals surface area contributed by atoms with E-state index in [1.807, 2.05) is 62.3 Å². The van der Waals surface area contributed by atoms with Crippen molar-refractivity contribution in [3.8, 4) is 0 Å². The molecule has 3 heterocycles. The number of carbonyl (C=O) groups excluding carboxylic acids is 4. The van der Waals surface area contributed by atoms with Gasteiger partial charge in [0.05, 0.1) is 17.9 Å². The van der Waals surface area contributed by atoms with E-state index in [0.29, 0.717) is 37.4 Å². The topological polar surface area (TPSA) is 105 Å². The van der Waals surface area contributed by atoms with Gasteiger partial charge in [-0.2, -0.15) is 0 Å². The highest BCUT2D eigenvalue weighted by atomic mass is 16.2. The second-order valence-corrected chi connectivity index (χ2v) is 10.6. The fourth-order valence-electron chi connectivity index (χ4n) is 6.03. The maximum absolute atomic E-state index is 14.1. The molecule has 0 spiro atoms. The first-order chi connectivity index (χ1) is 18.7. The van der Waals surface area contributed by atoms with Crippen molar-refractivity contribution in [2.45, 2.75) is 25.9 Å². The molecular weight excluding hydrogens is 496 g/mol. The Balaban J connectivity index is 1.61. The van der Waals surface area contributed by atoms with Gasteiger partial charge in [0.25, 0.3) is 0 Å². The van der Waals surface area contributed by atoms with E-state index in [1.54, 1.807) is 24.0 Å². The lowest BCUT2D eigenvalue weighted by molar-refractivity contribution is -0.145. The monoisotopic (exact) mass is 532 g/mol. The minimum Gasteiger partial charge on any atom is -0.378 e. The van der Waals surface area contributed by atoms with Gasteiger partial charge in [-0.3, -0.25) is 19.3 Å². The molecule has 0 aromatic heterocycles. The zero-order valence-electron chi connectivity index (χ0n) is 22.9. The van der Waals surface area contributed by atoms with Crippen LogP contribution in [0.1, 0.15) is 24.1 Å². The van der Waals surface area contributed by atoms with E-state index in [4.69, 9.17) is 0 Å². The lowest BCUT2D eigenvalue weighted by Gasteiger charge is -2.37. The summed E-state index contributed by atoms with van der Waals surface area (Å²) in [4.78, 5) is 61.9. The molecule has 0 radical (unpaired) electrons. The van der Waals surface area contributed by atoms with Gasteiger partial charge < -0.3 is 25.3 Å². The Morgan fingerprint density at radius 2 is 1.56 bits per heavy atom. The van der Waals surface area contributed by atoms with Crippen LogP contribution in [-0.4, -0.2) is 91.3 Å². The van der Waals surface area contributed by atoms with Gasteiger partial charge in [-0.1, -0.05) is 29.8 Å². The van der Waals surface area contributed by atoms with Crippen LogP contribution < -0.4 is 15.5 Å². The van der Waals surface area contributed by atoms with Crippen LogP contribution in [0.5, 0.6) is 0 Å². The third-order valence-electron chi connectivity index (χ3n) is 8.06. The predicted molar refractivity (Wildman–Crippen MR) is 148 cm³/mol. The van der Waals surface area contributed by atoms with Gasteiger partial charge in [-0.25, -0.2) is 4.79 Å². The van der Waals surface area contributed by atoms with Gasteiger partial charge in [0.15, 0.2) is 0 Å². The van der Waals surface area contributed by atoms with E-state index in [0.717, 1.165) is 11.3 Å². The molecule has 39 heavy (non-hydrogen) atoms. The molecule has 2 aromatic rings. The van der Waals surface area contributed by atoms with Crippen LogP contribution >= 0.6 is 0 Å². The Morgan fingerprint density at radius 1 is 0.949 bits per heavy atom. The van der Waals surface area contributed by atoms with Crippen LogP contribution in [0.2, 0.25) is 0 Å². The van der Waals surface area contributed by atoms with Crippen LogP contribution in [-0.2, 0) is 14.4 Å². The number of nitrogens with one attached hydrogen (secondary N) is 2. The van der Waals surface area contributed by atoms with Gasteiger partial charge in [0.2, 0.25) is 17.7 Å². The van der Waals surface area contributed by atoms with E-state index in [-0.39, 0.29) is 24.3 Å². The fourth-order valence-corrected chi connectivity index (χ4v) is 6.03. The SMILES string of the molecule is CCN1C(=O)C2C(C1=O)C(c1ccc(N(C)C)cc1)N(C(=O)Nc1ccc(C)cc1)C2C(=O)N1CCNCC1. The lowest BCUT2D eigenvalue weighted by Crippen LogP contribution is -2.57. The molecular formula is C29H36N6O4. The van der Waals surface area contributed by atoms with Crippen LogP contribution in [0.25, 0.3) is 0 Å². The standard InChI is InChI=1S/C29H36N6O4/c1-5-34-26(36)22-23(27(34)37)25(28(38)33-16-14-30-15-17-33)35(29(39)31-20-10-6-18(2)7-11-20)24(22)19-8-12-21(13-9-19)32(3)4/h6-13,22-25,30H,5,14-17H2,1-4H3,(H,31,39). The number of fused-ring (bicyclic) bond motifs is 1. The molecule has 5 rings (SSSR count). The quantitative estimate of drug-likeness (QED) is 0.572.